The predicted octanol–water partition coefficient (Wildman–Crippen LogP) is -6.16. The fraction of sp³-hybridized carbons (Fsp3) is 0.857. The molecule has 1 radical (unpaired) electrons. The van der Waals surface area contributed by atoms with Gasteiger partial charge in [-0.2, -0.15) is 0 Å². The van der Waals surface area contributed by atoms with E-state index in [0.29, 0.717) is 0 Å². The molecular weight excluding hydrogens is 267 g/mol. The molecule has 0 spiro atoms. The third-order valence-electron chi connectivity index (χ3n) is 1.86. The Balaban J connectivity index is -0.000000327. The minimum Gasteiger partial charge on any atom is -0.479 e. The third-order valence-corrected chi connectivity index (χ3v) is 1.86. The molecular formula is C7H18NaO10. The first-order chi connectivity index (χ1) is 6.82. The van der Waals surface area contributed by atoms with Crippen LogP contribution in [0.2, 0.25) is 0 Å². The van der Waals surface area contributed by atoms with Gasteiger partial charge >= 0.3 is 5.97 Å². The zero-order chi connectivity index (χ0) is 12.2. The summed E-state index contributed by atoms with van der Waals surface area (Å²) in [5.41, 5.74) is 0. The van der Waals surface area contributed by atoms with Crippen molar-refractivity contribution in [3.8, 4) is 0 Å². The van der Waals surface area contributed by atoms with Crippen LogP contribution in [0.3, 0.4) is 0 Å². The normalized spacial score (nSPS) is 17.9. The van der Waals surface area contributed by atoms with Gasteiger partial charge in [-0.25, -0.2) is 4.79 Å². The average Bonchev–Trinajstić information content (AvgIpc) is 2.23. The third kappa shape index (κ3) is 7.56. The number of carbonyl (C=O) groups is 1. The molecule has 0 bridgehead atoms. The number of aliphatic carboxylic acids is 1. The Bertz CT molecular complexity index is 214. The first-order valence-corrected chi connectivity index (χ1v) is 4.07. The molecule has 0 aromatic heterocycles. The molecule has 5 atom stereocenters. The van der Waals surface area contributed by atoms with Gasteiger partial charge in [-0.15, -0.1) is 0 Å². The molecule has 0 heterocycles. The van der Waals surface area contributed by atoms with Crippen LogP contribution in [0.25, 0.3) is 0 Å². The van der Waals surface area contributed by atoms with Gasteiger partial charge in [-0.1, -0.05) is 0 Å². The molecule has 11 heteroatoms. The number of hydrogen-bond donors (Lipinski definition) is 7. The van der Waals surface area contributed by atoms with Gasteiger partial charge < -0.3 is 46.7 Å². The number of carboxylic acids is 1. The summed E-state index contributed by atoms with van der Waals surface area (Å²) in [5.74, 6) is -1.78. The Labute approximate surface area is 124 Å². The van der Waals surface area contributed by atoms with E-state index in [1.54, 1.807) is 0 Å². The monoisotopic (exact) mass is 285 g/mol. The maximum atomic E-state index is 10.2. The van der Waals surface area contributed by atoms with E-state index >= 15 is 0 Å². The standard InChI is InChI=1S/C7H14O8.Na.2H2O/c8-1-2(9)3(10)4(11)5(12)6(13)7(14)15;;;/h2-6,8-13H,1H2,(H,14,15);;2*1H2. The number of rotatable bonds is 6. The molecule has 10 nitrogen and oxygen atoms in total. The van der Waals surface area contributed by atoms with E-state index in [4.69, 9.17) is 35.7 Å². The zero-order valence-corrected chi connectivity index (χ0v) is 11.6. The topological polar surface area (TPSA) is 222 Å². The zero-order valence-electron chi connectivity index (χ0n) is 9.63. The van der Waals surface area contributed by atoms with E-state index in [9.17, 15) is 4.79 Å². The summed E-state index contributed by atoms with van der Waals surface area (Å²) >= 11 is 0. The van der Waals surface area contributed by atoms with Crippen LogP contribution in [0, 0.1) is 0 Å². The summed E-state index contributed by atoms with van der Waals surface area (Å²) in [6.07, 6.45) is -10.2. The van der Waals surface area contributed by atoms with Crippen molar-refractivity contribution < 1.29 is 51.5 Å². The van der Waals surface area contributed by atoms with Crippen LogP contribution in [0.15, 0.2) is 0 Å². The van der Waals surface area contributed by atoms with Gasteiger partial charge in [0.05, 0.1) is 6.61 Å². The molecule has 0 saturated heterocycles. The predicted molar refractivity (Wildman–Crippen MR) is 57.7 cm³/mol. The second-order valence-corrected chi connectivity index (χ2v) is 3.00. The van der Waals surface area contributed by atoms with Crippen molar-refractivity contribution >= 4 is 35.5 Å². The van der Waals surface area contributed by atoms with Gasteiger partial charge in [0, 0.05) is 29.6 Å². The van der Waals surface area contributed by atoms with Gasteiger partial charge in [-0.05, 0) is 0 Å². The van der Waals surface area contributed by atoms with Crippen molar-refractivity contribution in [2.75, 3.05) is 6.61 Å². The van der Waals surface area contributed by atoms with Gasteiger partial charge in [0.25, 0.3) is 0 Å². The van der Waals surface area contributed by atoms with E-state index in [1.807, 2.05) is 0 Å². The van der Waals surface area contributed by atoms with Crippen molar-refractivity contribution in [2.24, 2.45) is 0 Å². The number of carboxylic acid groups (broad SMARTS) is 1. The summed E-state index contributed by atoms with van der Waals surface area (Å²) in [4.78, 5) is 10.2. The van der Waals surface area contributed by atoms with Crippen LogP contribution in [0.4, 0.5) is 0 Å². The number of aliphatic hydroxyl groups is 6. The summed E-state index contributed by atoms with van der Waals surface area (Å²) in [6.45, 7) is -0.881. The van der Waals surface area contributed by atoms with Crippen LogP contribution in [0.1, 0.15) is 0 Å². The fourth-order valence-electron chi connectivity index (χ4n) is 0.870. The van der Waals surface area contributed by atoms with Gasteiger partial charge in [-0.3, -0.25) is 0 Å². The van der Waals surface area contributed by atoms with E-state index < -0.39 is 43.1 Å². The number of hydrogen-bond acceptors (Lipinski definition) is 7. The van der Waals surface area contributed by atoms with Crippen LogP contribution in [-0.2, 0) is 4.79 Å². The van der Waals surface area contributed by atoms with Crippen LogP contribution < -0.4 is 0 Å². The average molecular weight is 285 g/mol. The second-order valence-electron chi connectivity index (χ2n) is 3.00. The molecule has 0 saturated carbocycles. The molecule has 5 unspecified atom stereocenters. The van der Waals surface area contributed by atoms with Crippen LogP contribution in [0.5, 0.6) is 0 Å². The Morgan fingerprint density at radius 1 is 0.889 bits per heavy atom. The van der Waals surface area contributed by atoms with Crippen molar-refractivity contribution in [3.63, 3.8) is 0 Å². The summed E-state index contributed by atoms with van der Waals surface area (Å²) < 4.78 is 0. The van der Waals surface area contributed by atoms with Crippen LogP contribution >= 0.6 is 0 Å². The van der Waals surface area contributed by atoms with Crippen molar-refractivity contribution in [1.82, 2.24) is 0 Å². The van der Waals surface area contributed by atoms with Crippen molar-refractivity contribution in [2.45, 2.75) is 30.5 Å². The van der Waals surface area contributed by atoms with E-state index in [1.165, 1.54) is 0 Å². The molecule has 107 valence electrons. The Morgan fingerprint density at radius 3 is 1.56 bits per heavy atom. The minimum absolute atomic E-state index is 0. The smallest absolute Gasteiger partial charge is 0.335 e. The Morgan fingerprint density at radius 2 is 1.28 bits per heavy atom. The molecule has 0 fully saturated rings. The molecule has 0 aliphatic rings. The summed E-state index contributed by atoms with van der Waals surface area (Å²) in [7, 11) is 0. The SMILES string of the molecule is O.O.O=C(O)C(O)C(O)C(O)C(O)C(O)CO.[Na]. The van der Waals surface area contributed by atoms with Gasteiger partial charge in [0.2, 0.25) is 0 Å². The van der Waals surface area contributed by atoms with Gasteiger partial charge in [0.15, 0.2) is 6.10 Å². The quantitative estimate of drug-likeness (QED) is 0.232. The maximum Gasteiger partial charge on any atom is 0.335 e. The maximum absolute atomic E-state index is 10.2. The summed E-state index contributed by atoms with van der Waals surface area (Å²) in [5, 5.41) is 61.5. The fourth-order valence-corrected chi connectivity index (χ4v) is 0.870. The molecule has 18 heavy (non-hydrogen) atoms. The Kier molecular flexibility index (Phi) is 18.1. The molecule has 0 aromatic rings. The van der Waals surface area contributed by atoms with Crippen molar-refractivity contribution in [1.29, 1.82) is 0 Å². The molecule has 0 amide bonds. The molecule has 0 aliphatic heterocycles. The largest absolute Gasteiger partial charge is 0.479 e. The van der Waals surface area contributed by atoms with Crippen molar-refractivity contribution in [3.05, 3.63) is 0 Å². The minimum atomic E-state index is -2.29. The molecule has 0 rings (SSSR count). The first-order valence-electron chi connectivity index (χ1n) is 4.07. The molecule has 0 aromatic carbocycles. The van der Waals surface area contributed by atoms with E-state index in [0.717, 1.165) is 0 Å². The molecule has 0 aliphatic carbocycles. The van der Waals surface area contributed by atoms with E-state index in [-0.39, 0.29) is 40.5 Å². The van der Waals surface area contributed by atoms with Gasteiger partial charge in [0.1, 0.15) is 24.4 Å². The van der Waals surface area contributed by atoms with E-state index in [2.05, 4.69) is 0 Å². The Hall–Kier alpha value is 0.150. The summed E-state index contributed by atoms with van der Waals surface area (Å²) in [6, 6.07) is 0. The first kappa shape index (κ1) is 26.7. The number of aliphatic hydroxyl groups excluding tert-OH is 6. The molecule has 11 N–H and O–H groups in total. The second kappa shape index (κ2) is 12.2. The van der Waals surface area contributed by atoms with Crippen LogP contribution in [-0.4, -0.2) is 119 Å².